The van der Waals surface area contributed by atoms with Gasteiger partial charge >= 0.3 is 0 Å². The maximum atomic E-state index is 5.95. The van der Waals surface area contributed by atoms with Crippen LogP contribution in [0.2, 0.25) is 5.02 Å². The Bertz CT molecular complexity index is 544. The number of piperidine rings is 1. The van der Waals surface area contributed by atoms with E-state index in [1.165, 1.54) is 5.69 Å². The lowest BCUT2D eigenvalue weighted by molar-refractivity contribution is 0.371. The first-order valence-electron chi connectivity index (χ1n) is 6.54. The molecule has 1 aliphatic heterocycles. The van der Waals surface area contributed by atoms with Crippen molar-refractivity contribution in [1.82, 2.24) is 9.78 Å². The van der Waals surface area contributed by atoms with E-state index in [0.29, 0.717) is 16.9 Å². The van der Waals surface area contributed by atoms with E-state index in [9.17, 15) is 0 Å². The monoisotopic (exact) mass is 276 g/mol. The molecule has 1 saturated heterocycles. The smallest absolute Gasteiger partial charge is 0.140 e. The summed E-state index contributed by atoms with van der Waals surface area (Å²) >= 11 is 5.95. The topological polar surface area (TPSA) is 47.1 Å². The highest BCUT2D eigenvalue weighted by Gasteiger charge is 2.23. The molecule has 0 spiro atoms. The molecule has 1 aliphatic rings. The fraction of sp³-hybridized carbons (Fsp3) is 0.357. The van der Waals surface area contributed by atoms with E-state index >= 15 is 0 Å². The van der Waals surface area contributed by atoms with Gasteiger partial charge in [-0.05, 0) is 25.0 Å². The maximum Gasteiger partial charge on any atom is 0.140 e. The van der Waals surface area contributed by atoms with Crippen LogP contribution in [0.5, 0.6) is 0 Å². The third-order valence-corrected chi connectivity index (χ3v) is 4.01. The fourth-order valence-electron chi connectivity index (χ4n) is 2.65. The van der Waals surface area contributed by atoms with Gasteiger partial charge in [-0.1, -0.05) is 29.8 Å². The predicted octanol–water partition coefficient (Wildman–Crippen LogP) is 2.96. The lowest BCUT2D eigenvalue weighted by Gasteiger charge is -2.34. The van der Waals surface area contributed by atoms with Gasteiger partial charge in [0.25, 0.3) is 0 Å². The summed E-state index contributed by atoms with van der Waals surface area (Å²) in [6.45, 7) is 2.04. The van der Waals surface area contributed by atoms with Gasteiger partial charge < -0.3 is 10.6 Å². The molecule has 1 aromatic carbocycles. The molecule has 2 heterocycles. The van der Waals surface area contributed by atoms with E-state index in [1.807, 2.05) is 10.7 Å². The van der Waals surface area contributed by atoms with Crippen LogP contribution in [-0.2, 0) is 0 Å². The molecule has 2 N–H and O–H groups in total. The third-order valence-electron chi connectivity index (χ3n) is 3.72. The Balaban J connectivity index is 1.68. The standard InChI is InChI=1S/C14H17ClN4/c15-13-10-17-19(14(13)16)12-6-8-18(9-7-12)11-4-2-1-3-5-11/h1-5,10,12H,6-9,16H2. The zero-order chi connectivity index (χ0) is 13.2. The van der Waals surface area contributed by atoms with Crippen LogP contribution in [0.15, 0.2) is 36.5 Å². The molecule has 1 fully saturated rings. The number of nitrogens with zero attached hydrogens (tertiary/aromatic N) is 3. The first-order chi connectivity index (χ1) is 9.25. The predicted molar refractivity (Wildman–Crippen MR) is 78.6 cm³/mol. The number of nitrogen functional groups attached to an aromatic ring is 1. The summed E-state index contributed by atoms with van der Waals surface area (Å²) in [6, 6.07) is 10.9. The molecule has 100 valence electrons. The van der Waals surface area contributed by atoms with Crippen molar-refractivity contribution in [2.75, 3.05) is 23.7 Å². The van der Waals surface area contributed by atoms with E-state index in [0.717, 1.165) is 25.9 Å². The van der Waals surface area contributed by atoms with E-state index in [1.54, 1.807) is 6.20 Å². The highest BCUT2D eigenvalue weighted by molar-refractivity contribution is 6.32. The minimum atomic E-state index is 0.354. The summed E-state index contributed by atoms with van der Waals surface area (Å²) < 4.78 is 1.87. The van der Waals surface area contributed by atoms with Crippen molar-refractivity contribution < 1.29 is 0 Å². The second-order valence-corrected chi connectivity index (χ2v) is 5.28. The SMILES string of the molecule is Nc1c(Cl)cnn1C1CCN(c2ccccc2)CC1. The first-order valence-corrected chi connectivity index (χ1v) is 6.92. The number of aromatic nitrogens is 2. The van der Waals surface area contributed by atoms with Gasteiger partial charge in [0.05, 0.1) is 12.2 Å². The lowest BCUT2D eigenvalue weighted by Crippen LogP contribution is -2.35. The van der Waals surface area contributed by atoms with Crippen molar-refractivity contribution >= 4 is 23.1 Å². The molecule has 2 aromatic rings. The quantitative estimate of drug-likeness (QED) is 0.917. The maximum absolute atomic E-state index is 5.95. The summed E-state index contributed by atoms with van der Waals surface area (Å²) in [5.41, 5.74) is 7.22. The number of rotatable bonds is 2. The molecule has 19 heavy (non-hydrogen) atoms. The highest BCUT2D eigenvalue weighted by Crippen LogP contribution is 2.29. The number of benzene rings is 1. The Morgan fingerprint density at radius 1 is 1.16 bits per heavy atom. The van der Waals surface area contributed by atoms with Gasteiger partial charge in [-0.25, -0.2) is 4.68 Å². The van der Waals surface area contributed by atoms with Crippen molar-refractivity contribution in [3.05, 3.63) is 41.6 Å². The Labute approximate surface area is 117 Å². The number of anilines is 2. The van der Waals surface area contributed by atoms with Crippen molar-refractivity contribution in [3.8, 4) is 0 Å². The molecule has 0 unspecified atom stereocenters. The highest BCUT2D eigenvalue weighted by atomic mass is 35.5. The van der Waals surface area contributed by atoms with Gasteiger partial charge in [0.2, 0.25) is 0 Å². The second-order valence-electron chi connectivity index (χ2n) is 4.88. The van der Waals surface area contributed by atoms with Gasteiger partial charge in [0.1, 0.15) is 10.8 Å². The Morgan fingerprint density at radius 2 is 1.84 bits per heavy atom. The first kappa shape index (κ1) is 12.4. The van der Waals surface area contributed by atoms with Crippen LogP contribution in [-0.4, -0.2) is 22.9 Å². The lowest BCUT2D eigenvalue weighted by atomic mass is 10.0. The zero-order valence-electron chi connectivity index (χ0n) is 10.7. The van der Waals surface area contributed by atoms with Gasteiger partial charge in [-0.3, -0.25) is 0 Å². The molecule has 0 bridgehead atoms. The summed E-state index contributed by atoms with van der Waals surface area (Å²) in [6.07, 6.45) is 3.70. The van der Waals surface area contributed by atoms with Crippen LogP contribution in [0.3, 0.4) is 0 Å². The van der Waals surface area contributed by atoms with Crippen LogP contribution in [0.4, 0.5) is 11.5 Å². The van der Waals surface area contributed by atoms with Crippen LogP contribution in [0.25, 0.3) is 0 Å². The van der Waals surface area contributed by atoms with E-state index in [2.05, 4.69) is 34.3 Å². The van der Waals surface area contributed by atoms with Crippen molar-refractivity contribution in [2.45, 2.75) is 18.9 Å². The third kappa shape index (κ3) is 2.40. The number of hydrogen-bond acceptors (Lipinski definition) is 3. The van der Waals surface area contributed by atoms with Crippen molar-refractivity contribution in [1.29, 1.82) is 0 Å². The van der Waals surface area contributed by atoms with Crippen LogP contribution < -0.4 is 10.6 Å². The second kappa shape index (κ2) is 5.13. The molecular formula is C14H17ClN4. The van der Waals surface area contributed by atoms with Gasteiger partial charge in [0, 0.05) is 18.8 Å². The van der Waals surface area contributed by atoms with Gasteiger partial charge in [-0.15, -0.1) is 0 Å². The van der Waals surface area contributed by atoms with Crippen LogP contribution in [0, 0.1) is 0 Å². The molecule has 3 rings (SSSR count). The van der Waals surface area contributed by atoms with E-state index in [-0.39, 0.29) is 0 Å². The Morgan fingerprint density at radius 3 is 2.42 bits per heavy atom. The normalized spacial score (nSPS) is 16.8. The largest absolute Gasteiger partial charge is 0.383 e. The fourth-order valence-corrected chi connectivity index (χ4v) is 2.78. The average Bonchev–Trinajstić information content (AvgIpc) is 2.80. The van der Waals surface area contributed by atoms with Crippen molar-refractivity contribution in [3.63, 3.8) is 0 Å². The van der Waals surface area contributed by atoms with Crippen LogP contribution >= 0.6 is 11.6 Å². The molecule has 0 radical (unpaired) electrons. The zero-order valence-corrected chi connectivity index (χ0v) is 11.4. The van der Waals surface area contributed by atoms with Crippen molar-refractivity contribution in [2.24, 2.45) is 0 Å². The summed E-state index contributed by atoms with van der Waals surface area (Å²) in [5.74, 6) is 0.583. The van der Waals surface area contributed by atoms with Gasteiger partial charge in [0.15, 0.2) is 0 Å². The molecule has 5 heteroatoms. The Kier molecular flexibility index (Phi) is 3.34. The number of halogens is 1. The molecule has 0 atom stereocenters. The van der Waals surface area contributed by atoms with Crippen LogP contribution in [0.1, 0.15) is 18.9 Å². The minimum Gasteiger partial charge on any atom is -0.383 e. The van der Waals surface area contributed by atoms with E-state index in [4.69, 9.17) is 17.3 Å². The Hall–Kier alpha value is -1.68. The molecule has 1 aromatic heterocycles. The van der Waals surface area contributed by atoms with E-state index < -0.39 is 0 Å². The average molecular weight is 277 g/mol. The summed E-state index contributed by atoms with van der Waals surface area (Å²) in [7, 11) is 0. The van der Waals surface area contributed by atoms with Gasteiger partial charge in [-0.2, -0.15) is 5.10 Å². The minimum absolute atomic E-state index is 0.354. The molecule has 0 aliphatic carbocycles. The number of para-hydroxylation sites is 1. The number of nitrogens with two attached hydrogens (primary N) is 1. The molecule has 0 amide bonds. The number of hydrogen-bond donors (Lipinski definition) is 1. The summed E-state index contributed by atoms with van der Waals surface area (Å²) in [4.78, 5) is 2.40. The molecular weight excluding hydrogens is 260 g/mol. The summed E-state index contributed by atoms with van der Waals surface area (Å²) in [5, 5.41) is 4.82. The molecule has 0 saturated carbocycles. The molecule has 4 nitrogen and oxygen atoms in total.